The average Bonchev–Trinajstić information content (AvgIpc) is 3.11. The molecule has 0 saturated carbocycles. The molecule has 0 radical (unpaired) electrons. The van der Waals surface area contributed by atoms with Gasteiger partial charge in [0.1, 0.15) is 28.1 Å². The number of fused-ring (bicyclic) bond motifs is 2. The second kappa shape index (κ2) is 21.2. The van der Waals surface area contributed by atoms with Gasteiger partial charge in [-0.1, -0.05) is 23.3 Å². The fourth-order valence-electron chi connectivity index (χ4n) is 5.89. The molecule has 3 rings (SSSR count). The Balaban J connectivity index is 1.98. The average molecular weight is 766 g/mol. The van der Waals surface area contributed by atoms with Crippen molar-refractivity contribution in [3.8, 4) is 23.0 Å². The highest BCUT2D eigenvalue weighted by atomic mass is 16.5. The van der Waals surface area contributed by atoms with E-state index in [0.717, 1.165) is 11.1 Å². The number of ether oxygens (including phenoxy) is 4. The first-order chi connectivity index (χ1) is 26.2. The summed E-state index contributed by atoms with van der Waals surface area (Å²) in [6.07, 6.45) is 6.35. The monoisotopic (exact) mass is 765 g/mol. The number of carbonyl (C=O) groups is 3. The van der Waals surface area contributed by atoms with Crippen molar-refractivity contribution in [2.45, 2.75) is 91.5 Å². The molecule has 0 aliphatic rings. The minimum Gasteiger partial charge on any atom is -0.507 e. The lowest BCUT2D eigenvalue weighted by molar-refractivity contribution is -0.141. The van der Waals surface area contributed by atoms with Crippen molar-refractivity contribution in [1.29, 1.82) is 5.41 Å². The maximum Gasteiger partial charge on any atom is 0.307 e. The van der Waals surface area contributed by atoms with Gasteiger partial charge in [-0.15, -0.1) is 0 Å². The quantitative estimate of drug-likeness (QED) is 0.0202. The molecule has 0 aliphatic carbocycles. The number of hydrogen-bond acceptors (Lipinski definition) is 11. The van der Waals surface area contributed by atoms with Crippen LogP contribution in [0.2, 0.25) is 0 Å². The zero-order chi connectivity index (χ0) is 40.7. The van der Waals surface area contributed by atoms with Crippen LogP contribution in [-0.4, -0.2) is 68.9 Å². The molecule has 0 fully saturated rings. The first kappa shape index (κ1) is 43.7. The summed E-state index contributed by atoms with van der Waals surface area (Å²) in [5.74, 6) is -0.684. The lowest BCUT2D eigenvalue weighted by atomic mass is 9.98. The van der Waals surface area contributed by atoms with Crippen LogP contribution in [-0.2, 0) is 32.0 Å². The summed E-state index contributed by atoms with van der Waals surface area (Å²) in [6.45, 7) is 8.39. The Morgan fingerprint density at radius 2 is 1.49 bits per heavy atom. The van der Waals surface area contributed by atoms with Gasteiger partial charge in [0.2, 0.25) is 17.2 Å². The molecule has 55 heavy (non-hydrogen) atoms. The number of amides is 2. The first-order valence-corrected chi connectivity index (χ1v) is 18.3. The van der Waals surface area contributed by atoms with Gasteiger partial charge in [-0.2, -0.15) is 0 Å². The topological polar surface area (TPSA) is 239 Å². The highest BCUT2D eigenvalue weighted by Crippen LogP contribution is 2.41. The number of allylic oxidation sites excluding steroid dienone is 4. The first-order valence-electron chi connectivity index (χ1n) is 18.3. The molecule has 0 spiro atoms. The van der Waals surface area contributed by atoms with Crippen LogP contribution in [0.5, 0.6) is 23.0 Å². The van der Waals surface area contributed by atoms with E-state index >= 15 is 0 Å². The standard InChI is InChI=1S/C40H55N5O10/c1-23(2)13-15-26-28(53-19-9-12-33(47)45-25(20-34(48)51-5)10-7-17-44-40(42)43)21-30-36(37(26)49)38(50)35-27(16-14-24(3)4)39(52-6)31(22-29(35)55-30)54-18-8-11-32(41)46/h13-14,21-22,25,49H,7-12,15-20H2,1-6H3,(H2,41,46)(H,45,47)(H4,42,43,44)/t25-/m1/s1. The second-order valence-corrected chi connectivity index (χ2v) is 13.6. The van der Waals surface area contributed by atoms with Crippen LogP contribution in [0, 0.1) is 5.41 Å². The molecule has 3 aromatic rings. The van der Waals surface area contributed by atoms with Crippen LogP contribution in [0.25, 0.3) is 21.9 Å². The number of rotatable bonds is 22. The molecule has 1 atom stereocenters. The summed E-state index contributed by atoms with van der Waals surface area (Å²) in [6, 6.07) is 2.66. The van der Waals surface area contributed by atoms with E-state index in [0.29, 0.717) is 61.3 Å². The molecule has 1 heterocycles. The Morgan fingerprint density at radius 1 is 0.891 bits per heavy atom. The summed E-state index contributed by atoms with van der Waals surface area (Å²) in [4.78, 5) is 50.5. The van der Waals surface area contributed by atoms with E-state index in [1.165, 1.54) is 14.2 Å². The van der Waals surface area contributed by atoms with Crippen LogP contribution in [0.3, 0.4) is 0 Å². The zero-order valence-electron chi connectivity index (χ0n) is 32.6. The third-order valence-corrected chi connectivity index (χ3v) is 8.63. The highest BCUT2D eigenvalue weighted by Gasteiger charge is 2.25. The van der Waals surface area contributed by atoms with E-state index in [9.17, 15) is 24.3 Å². The number of phenolic OH excluding ortho intramolecular Hbond substituents is 1. The van der Waals surface area contributed by atoms with Crippen LogP contribution in [0.4, 0.5) is 0 Å². The second-order valence-electron chi connectivity index (χ2n) is 13.6. The van der Waals surface area contributed by atoms with E-state index in [1.807, 2.05) is 39.8 Å². The number of guanidine groups is 1. The SMILES string of the molecule is COC(=O)C[C@@H](CCCNC(=N)N)NC(=O)CCCOc1cc2oc3cc(OCCCC(N)=O)c(OC)c(CC=C(C)C)c3c(=O)c2c(O)c1CC=C(C)C. The van der Waals surface area contributed by atoms with Crippen molar-refractivity contribution >= 4 is 45.7 Å². The van der Waals surface area contributed by atoms with Gasteiger partial charge in [-0.3, -0.25) is 24.6 Å². The number of esters is 1. The molecule has 0 unspecified atom stereocenters. The van der Waals surface area contributed by atoms with Gasteiger partial charge in [-0.25, -0.2) is 0 Å². The fraction of sp³-hybridized carbons (Fsp3) is 0.475. The molecular formula is C40H55N5O10. The molecule has 2 amide bonds. The van der Waals surface area contributed by atoms with Crippen molar-refractivity contribution in [2.75, 3.05) is 34.0 Å². The molecule has 0 bridgehead atoms. The van der Waals surface area contributed by atoms with E-state index in [2.05, 4.69) is 10.6 Å². The number of benzene rings is 2. The van der Waals surface area contributed by atoms with Crippen LogP contribution in [0.15, 0.2) is 44.6 Å². The Morgan fingerprint density at radius 3 is 2.09 bits per heavy atom. The van der Waals surface area contributed by atoms with Gasteiger partial charge in [0, 0.05) is 48.7 Å². The lowest BCUT2D eigenvalue weighted by Gasteiger charge is -2.19. The maximum absolute atomic E-state index is 14.4. The van der Waals surface area contributed by atoms with Crippen LogP contribution >= 0.6 is 0 Å². The van der Waals surface area contributed by atoms with Crippen molar-refractivity contribution < 1.29 is 42.9 Å². The number of nitrogens with two attached hydrogens (primary N) is 2. The van der Waals surface area contributed by atoms with Gasteiger partial charge in [0.25, 0.3) is 0 Å². The third kappa shape index (κ3) is 13.0. The Kier molecular flexibility index (Phi) is 16.9. The minimum atomic E-state index is -0.469. The number of methoxy groups -OCH3 is 2. The Bertz CT molecular complexity index is 1980. The minimum absolute atomic E-state index is 0.00504. The van der Waals surface area contributed by atoms with Gasteiger partial charge >= 0.3 is 5.97 Å². The molecule has 15 nitrogen and oxygen atoms in total. The summed E-state index contributed by atoms with van der Waals surface area (Å²) >= 11 is 0. The number of nitrogens with one attached hydrogen (secondary N) is 3. The molecule has 2 aromatic carbocycles. The van der Waals surface area contributed by atoms with E-state index in [4.69, 9.17) is 40.2 Å². The third-order valence-electron chi connectivity index (χ3n) is 8.63. The number of aromatic hydroxyl groups is 1. The van der Waals surface area contributed by atoms with Crippen molar-refractivity contribution in [3.05, 3.63) is 56.8 Å². The zero-order valence-corrected chi connectivity index (χ0v) is 32.6. The van der Waals surface area contributed by atoms with Crippen molar-refractivity contribution in [2.24, 2.45) is 11.5 Å². The smallest absolute Gasteiger partial charge is 0.307 e. The maximum atomic E-state index is 14.4. The van der Waals surface area contributed by atoms with E-state index in [1.54, 1.807) is 12.1 Å². The van der Waals surface area contributed by atoms with E-state index < -0.39 is 23.3 Å². The van der Waals surface area contributed by atoms with Crippen molar-refractivity contribution in [3.63, 3.8) is 0 Å². The molecule has 8 N–H and O–H groups in total. The van der Waals surface area contributed by atoms with E-state index in [-0.39, 0.29) is 84.2 Å². The number of carbonyl (C=O) groups excluding carboxylic acids is 3. The van der Waals surface area contributed by atoms with Gasteiger partial charge in [0.05, 0.1) is 39.2 Å². The Hall–Kier alpha value is -5.73. The predicted molar refractivity (Wildman–Crippen MR) is 211 cm³/mol. The molecule has 0 aliphatic heterocycles. The number of primary amides is 1. The summed E-state index contributed by atoms with van der Waals surface area (Å²) in [5, 5.41) is 24.8. The normalized spacial score (nSPS) is 11.4. The number of hydrogen-bond donors (Lipinski definition) is 6. The number of phenols is 1. The van der Waals surface area contributed by atoms with Crippen LogP contribution < -0.4 is 41.7 Å². The largest absolute Gasteiger partial charge is 0.507 e. The fourth-order valence-corrected chi connectivity index (χ4v) is 5.89. The molecular weight excluding hydrogens is 710 g/mol. The molecule has 300 valence electrons. The predicted octanol–water partition coefficient (Wildman–Crippen LogP) is 4.79. The van der Waals surface area contributed by atoms with Crippen molar-refractivity contribution in [1.82, 2.24) is 10.6 Å². The highest BCUT2D eigenvalue weighted by molar-refractivity contribution is 5.98. The summed E-state index contributed by atoms with van der Waals surface area (Å²) < 4.78 is 29.0. The summed E-state index contributed by atoms with van der Waals surface area (Å²) in [5.41, 5.74) is 13.4. The van der Waals surface area contributed by atoms with Gasteiger partial charge in [-0.05, 0) is 66.2 Å². The van der Waals surface area contributed by atoms with Crippen LogP contribution in [0.1, 0.15) is 83.8 Å². The lowest BCUT2D eigenvalue weighted by Crippen LogP contribution is -2.38. The van der Waals surface area contributed by atoms with Gasteiger partial charge in [0.15, 0.2) is 17.5 Å². The summed E-state index contributed by atoms with van der Waals surface area (Å²) in [7, 11) is 2.76. The van der Waals surface area contributed by atoms with Gasteiger partial charge < -0.3 is 50.6 Å². The Labute approximate surface area is 320 Å². The molecule has 0 saturated heterocycles. The molecule has 1 aromatic heterocycles. The molecule has 15 heteroatoms.